The standard InChI is InChI=1S/C22H21FN2O3S/c1-15-8-9-18(22(26)24-16(2)17-10-12-19(23)13-11-17)14-21(15)29(27,28)25-20-6-4-3-5-7-20/h3-14,16,25H,1-2H3,(H,24,26)/t16-/m1/s1. The van der Waals surface area contributed by atoms with E-state index >= 15 is 0 Å². The van der Waals surface area contributed by atoms with Gasteiger partial charge in [-0.3, -0.25) is 9.52 Å². The maximum Gasteiger partial charge on any atom is 0.262 e. The second-order valence-corrected chi connectivity index (χ2v) is 8.35. The number of halogens is 1. The van der Waals surface area contributed by atoms with Crippen molar-refractivity contribution in [3.63, 3.8) is 0 Å². The van der Waals surface area contributed by atoms with Gasteiger partial charge in [-0.25, -0.2) is 12.8 Å². The minimum atomic E-state index is -3.86. The van der Waals surface area contributed by atoms with E-state index in [2.05, 4.69) is 10.0 Å². The van der Waals surface area contributed by atoms with Crippen molar-refractivity contribution in [2.75, 3.05) is 4.72 Å². The fourth-order valence-corrected chi connectivity index (χ4v) is 4.19. The summed E-state index contributed by atoms with van der Waals surface area (Å²) in [6, 6.07) is 18.5. The Balaban J connectivity index is 1.82. The van der Waals surface area contributed by atoms with Gasteiger partial charge in [0, 0.05) is 11.3 Å². The minimum absolute atomic E-state index is 0.0310. The Morgan fingerprint density at radius 3 is 2.28 bits per heavy atom. The molecular weight excluding hydrogens is 391 g/mol. The van der Waals surface area contributed by atoms with Crippen LogP contribution in [0.15, 0.2) is 77.7 Å². The van der Waals surface area contributed by atoms with Gasteiger partial charge in [0.15, 0.2) is 0 Å². The zero-order valence-corrected chi connectivity index (χ0v) is 16.8. The number of hydrogen-bond acceptors (Lipinski definition) is 3. The second-order valence-electron chi connectivity index (χ2n) is 6.70. The Hall–Kier alpha value is -3.19. The van der Waals surface area contributed by atoms with E-state index < -0.39 is 15.9 Å². The maximum absolute atomic E-state index is 13.1. The van der Waals surface area contributed by atoms with Crippen molar-refractivity contribution in [2.45, 2.75) is 24.8 Å². The van der Waals surface area contributed by atoms with Gasteiger partial charge in [-0.2, -0.15) is 0 Å². The van der Waals surface area contributed by atoms with E-state index in [1.165, 1.54) is 18.2 Å². The van der Waals surface area contributed by atoms with Crippen LogP contribution in [0.3, 0.4) is 0 Å². The molecule has 3 aromatic carbocycles. The third-order valence-electron chi connectivity index (χ3n) is 4.48. The third kappa shape index (κ3) is 5.00. The first kappa shape index (κ1) is 20.5. The smallest absolute Gasteiger partial charge is 0.262 e. The van der Waals surface area contributed by atoms with E-state index in [1.54, 1.807) is 68.4 Å². The topological polar surface area (TPSA) is 75.3 Å². The zero-order valence-electron chi connectivity index (χ0n) is 16.0. The highest BCUT2D eigenvalue weighted by atomic mass is 32.2. The van der Waals surface area contributed by atoms with Crippen molar-refractivity contribution >= 4 is 21.6 Å². The first-order valence-electron chi connectivity index (χ1n) is 9.01. The average molecular weight is 412 g/mol. The molecule has 0 bridgehead atoms. The van der Waals surface area contributed by atoms with Gasteiger partial charge < -0.3 is 5.32 Å². The molecule has 0 aliphatic heterocycles. The minimum Gasteiger partial charge on any atom is -0.346 e. The third-order valence-corrected chi connectivity index (χ3v) is 6.01. The fourth-order valence-electron chi connectivity index (χ4n) is 2.86. The number of carbonyl (C=O) groups excluding carboxylic acids is 1. The van der Waals surface area contributed by atoms with Crippen molar-refractivity contribution in [1.29, 1.82) is 0 Å². The van der Waals surface area contributed by atoms with Gasteiger partial charge in [0.2, 0.25) is 0 Å². The van der Waals surface area contributed by atoms with E-state index in [1.807, 2.05) is 0 Å². The average Bonchev–Trinajstić information content (AvgIpc) is 2.69. The van der Waals surface area contributed by atoms with E-state index in [0.717, 1.165) is 5.56 Å². The number of benzene rings is 3. The summed E-state index contributed by atoms with van der Waals surface area (Å²) in [6.07, 6.45) is 0. The van der Waals surface area contributed by atoms with Crippen LogP contribution in [-0.2, 0) is 10.0 Å². The lowest BCUT2D eigenvalue weighted by Crippen LogP contribution is -2.27. The number of aryl methyl sites for hydroxylation is 1. The van der Waals surface area contributed by atoms with Crippen LogP contribution in [0.25, 0.3) is 0 Å². The largest absolute Gasteiger partial charge is 0.346 e. The molecule has 0 aromatic heterocycles. The summed E-state index contributed by atoms with van der Waals surface area (Å²) in [5.74, 6) is -0.774. The number of rotatable bonds is 6. The van der Waals surface area contributed by atoms with Gasteiger partial charge >= 0.3 is 0 Å². The molecule has 0 radical (unpaired) electrons. The van der Waals surface area contributed by atoms with E-state index in [0.29, 0.717) is 11.3 Å². The predicted octanol–water partition coefficient (Wildman–Crippen LogP) is 4.43. The highest BCUT2D eigenvalue weighted by Crippen LogP contribution is 2.21. The molecule has 3 rings (SSSR count). The van der Waals surface area contributed by atoms with E-state index in [9.17, 15) is 17.6 Å². The Kier molecular flexibility index (Phi) is 5.98. The van der Waals surface area contributed by atoms with Crippen molar-refractivity contribution in [1.82, 2.24) is 5.32 Å². The Morgan fingerprint density at radius 1 is 0.966 bits per heavy atom. The lowest BCUT2D eigenvalue weighted by molar-refractivity contribution is 0.0939. The molecule has 1 amide bonds. The second kappa shape index (κ2) is 8.45. The number of nitrogens with one attached hydrogen (secondary N) is 2. The molecule has 0 unspecified atom stereocenters. The summed E-state index contributed by atoms with van der Waals surface area (Å²) in [5, 5.41) is 2.80. The van der Waals surface area contributed by atoms with E-state index in [4.69, 9.17) is 0 Å². The molecule has 3 aromatic rings. The molecule has 2 N–H and O–H groups in total. The van der Waals surface area contributed by atoms with Crippen LogP contribution in [0, 0.1) is 12.7 Å². The highest BCUT2D eigenvalue weighted by Gasteiger charge is 2.20. The van der Waals surface area contributed by atoms with E-state index in [-0.39, 0.29) is 22.3 Å². The molecule has 0 aliphatic carbocycles. The predicted molar refractivity (Wildman–Crippen MR) is 111 cm³/mol. The maximum atomic E-state index is 13.1. The molecule has 0 fully saturated rings. The SMILES string of the molecule is Cc1ccc(C(=O)N[C@H](C)c2ccc(F)cc2)cc1S(=O)(=O)Nc1ccccc1. The monoisotopic (exact) mass is 412 g/mol. The molecule has 0 aliphatic rings. The van der Waals surface area contributed by atoms with Crippen molar-refractivity contribution in [2.24, 2.45) is 0 Å². The Labute approximate surface area is 169 Å². The molecule has 29 heavy (non-hydrogen) atoms. The highest BCUT2D eigenvalue weighted by molar-refractivity contribution is 7.92. The first-order valence-corrected chi connectivity index (χ1v) is 10.5. The van der Waals surface area contributed by atoms with Crippen molar-refractivity contribution < 1.29 is 17.6 Å². The zero-order chi connectivity index (χ0) is 21.0. The molecule has 0 saturated carbocycles. The van der Waals surface area contributed by atoms with Crippen LogP contribution in [0.4, 0.5) is 10.1 Å². The van der Waals surface area contributed by atoms with Crippen LogP contribution in [-0.4, -0.2) is 14.3 Å². The Morgan fingerprint density at radius 2 is 1.62 bits per heavy atom. The summed E-state index contributed by atoms with van der Waals surface area (Å²) in [4.78, 5) is 12.7. The summed E-state index contributed by atoms with van der Waals surface area (Å²) in [6.45, 7) is 3.44. The molecule has 0 spiro atoms. The molecule has 7 heteroatoms. The molecular formula is C22H21FN2O3S. The Bertz CT molecular complexity index is 1110. The normalized spacial score (nSPS) is 12.2. The number of carbonyl (C=O) groups is 1. The lowest BCUT2D eigenvalue weighted by Gasteiger charge is -2.16. The number of anilines is 1. The van der Waals surface area contributed by atoms with Crippen LogP contribution < -0.4 is 10.0 Å². The van der Waals surface area contributed by atoms with Gasteiger partial charge in [-0.05, 0) is 61.4 Å². The molecule has 0 heterocycles. The summed E-state index contributed by atoms with van der Waals surface area (Å²) in [5.41, 5.74) is 1.92. The fraction of sp³-hybridized carbons (Fsp3) is 0.136. The van der Waals surface area contributed by atoms with Crippen molar-refractivity contribution in [3.05, 3.63) is 95.3 Å². The van der Waals surface area contributed by atoms with Crippen LogP contribution >= 0.6 is 0 Å². The molecule has 5 nitrogen and oxygen atoms in total. The molecule has 1 atom stereocenters. The molecule has 0 saturated heterocycles. The summed E-state index contributed by atoms with van der Waals surface area (Å²) >= 11 is 0. The summed E-state index contributed by atoms with van der Waals surface area (Å²) < 4.78 is 41.2. The van der Waals surface area contributed by atoms with Gasteiger partial charge in [0.05, 0.1) is 10.9 Å². The lowest BCUT2D eigenvalue weighted by atomic mass is 10.1. The van der Waals surface area contributed by atoms with Gasteiger partial charge in [0.25, 0.3) is 15.9 Å². The van der Waals surface area contributed by atoms with Gasteiger partial charge in [-0.15, -0.1) is 0 Å². The number of para-hydroxylation sites is 1. The number of hydrogen-bond donors (Lipinski definition) is 2. The number of sulfonamides is 1. The summed E-state index contributed by atoms with van der Waals surface area (Å²) in [7, 11) is -3.86. The molecule has 150 valence electrons. The van der Waals surface area contributed by atoms with Gasteiger partial charge in [-0.1, -0.05) is 36.4 Å². The quantitative estimate of drug-likeness (QED) is 0.629. The van der Waals surface area contributed by atoms with Crippen LogP contribution in [0.2, 0.25) is 0 Å². The van der Waals surface area contributed by atoms with Crippen molar-refractivity contribution in [3.8, 4) is 0 Å². The van der Waals surface area contributed by atoms with Crippen LogP contribution in [0.1, 0.15) is 34.5 Å². The number of amides is 1. The van der Waals surface area contributed by atoms with Crippen LogP contribution in [0.5, 0.6) is 0 Å². The first-order chi connectivity index (χ1) is 13.8. The van der Waals surface area contributed by atoms with Gasteiger partial charge in [0.1, 0.15) is 5.82 Å².